The van der Waals surface area contributed by atoms with Crippen LogP contribution in [0.4, 0.5) is 0 Å². The lowest BCUT2D eigenvalue weighted by Crippen LogP contribution is -2.15. The van der Waals surface area contributed by atoms with Crippen LogP contribution in [0.25, 0.3) is 11.0 Å². The fourth-order valence-electron chi connectivity index (χ4n) is 2.73. The molecule has 3 aromatic rings. The van der Waals surface area contributed by atoms with Gasteiger partial charge in [-0.25, -0.2) is 0 Å². The Hall–Kier alpha value is -2.49. The maximum absolute atomic E-state index is 12.5. The molecule has 2 atom stereocenters. The molecule has 98 valence electrons. The Balaban J connectivity index is 1.63. The number of nitrogens with zero attached hydrogens (tertiary/aromatic N) is 3. The van der Waals surface area contributed by atoms with Gasteiger partial charge in [-0.2, -0.15) is 4.68 Å². The molecule has 0 bridgehead atoms. The summed E-state index contributed by atoms with van der Waals surface area (Å²) in [5.41, 5.74) is 2.78. The van der Waals surface area contributed by atoms with Crippen LogP contribution in [-0.2, 0) is 0 Å². The lowest BCUT2D eigenvalue weighted by Gasteiger charge is -2.01. The van der Waals surface area contributed by atoms with E-state index in [0.29, 0.717) is 5.92 Å². The van der Waals surface area contributed by atoms with E-state index in [1.54, 1.807) is 0 Å². The van der Waals surface area contributed by atoms with Crippen molar-refractivity contribution in [3.63, 3.8) is 0 Å². The number of carbonyl (C=O) groups is 1. The second kappa shape index (κ2) is 4.27. The smallest absolute Gasteiger partial charge is 0.252 e. The molecule has 1 saturated carbocycles. The second-order valence-electron chi connectivity index (χ2n) is 5.19. The average molecular weight is 263 g/mol. The fourth-order valence-corrected chi connectivity index (χ4v) is 2.73. The van der Waals surface area contributed by atoms with E-state index in [2.05, 4.69) is 22.4 Å². The Bertz CT molecular complexity index is 779. The van der Waals surface area contributed by atoms with Gasteiger partial charge in [0.25, 0.3) is 5.91 Å². The Labute approximate surface area is 116 Å². The zero-order valence-corrected chi connectivity index (χ0v) is 10.8. The normalized spacial score (nSPS) is 21.0. The van der Waals surface area contributed by atoms with E-state index in [4.69, 9.17) is 0 Å². The molecule has 1 aliphatic carbocycles. The Morgan fingerprint density at radius 1 is 1.05 bits per heavy atom. The molecule has 1 heterocycles. The number of aromatic nitrogens is 3. The number of para-hydroxylation sites is 1. The van der Waals surface area contributed by atoms with Crippen LogP contribution in [0.2, 0.25) is 0 Å². The molecule has 0 amide bonds. The second-order valence-corrected chi connectivity index (χ2v) is 5.19. The zero-order valence-electron chi connectivity index (χ0n) is 10.8. The summed E-state index contributed by atoms with van der Waals surface area (Å²) in [7, 11) is 0. The van der Waals surface area contributed by atoms with Gasteiger partial charge in [-0.1, -0.05) is 47.7 Å². The van der Waals surface area contributed by atoms with Crippen molar-refractivity contribution in [2.24, 2.45) is 5.92 Å². The van der Waals surface area contributed by atoms with Crippen molar-refractivity contribution in [3.05, 3.63) is 60.2 Å². The maximum Gasteiger partial charge on any atom is 0.252 e. The monoisotopic (exact) mass is 263 g/mol. The lowest BCUT2D eigenvalue weighted by molar-refractivity contribution is 0.0870. The highest BCUT2D eigenvalue weighted by Crippen LogP contribution is 2.48. The molecule has 1 aromatic heterocycles. The molecule has 0 saturated heterocycles. The summed E-state index contributed by atoms with van der Waals surface area (Å²) in [5, 5.41) is 8.04. The molecule has 0 radical (unpaired) electrons. The molecule has 1 fully saturated rings. The minimum absolute atomic E-state index is 0.0301. The molecule has 4 nitrogen and oxygen atoms in total. The van der Waals surface area contributed by atoms with Gasteiger partial charge in [-0.15, -0.1) is 5.10 Å². The minimum Gasteiger partial charge on any atom is -0.272 e. The standard InChI is InChI=1S/C16H13N3O/c20-16(13-10-12(13)11-6-2-1-3-7-11)19-15-9-5-4-8-14(15)17-18-19/h1-9,12-13H,10H2/t12-,13-/m0/s1. The molecule has 0 spiro atoms. The van der Waals surface area contributed by atoms with E-state index in [1.807, 2.05) is 42.5 Å². The third-order valence-electron chi connectivity index (χ3n) is 3.90. The number of rotatable bonds is 2. The Kier molecular flexibility index (Phi) is 2.42. The molecule has 0 aliphatic heterocycles. The number of benzene rings is 2. The molecule has 20 heavy (non-hydrogen) atoms. The quantitative estimate of drug-likeness (QED) is 0.714. The Morgan fingerprint density at radius 3 is 2.65 bits per heavy atom. The van der Waals surface area contributed by atoms with Crippen LogP contribution in [0.15, 0.2) is 54.6 Å². The number of hydrogen-bond acceptors (Lipinski definition) is 3. The highest BCUT2D eigenvalue weighted by molar-refractivity contribution is 5.92. The largest absolute Gasteiger partial charge is 0.272 e. The van der Waals surface area contributed by atoms with Crippen LogP contribution in [0.5, 0.6) is 0 Å². The van der Waals surface area contributed by atoms with Gasteiger partial charge in [-0.05, 0) is 30.0 Å². The maximum atomic E-state index is 12.5. The summed E-state index contributed by atoms with van der Waals surface area (Å²) >= 11 is 0. The molecule has 1 aliphatic rings. The van der Waals surface area contributed by atoms with Gasteiger partial charge in [0, 0.05) is 5.92 Å². The first-order valence-corrected chi connectivity index (χ1v) is 6.74. The van der Waals surface area contributed by atoms with Crippen molar-refractivity contribution in [2.45, 2.75) is 12.3 Å². The number of hydrogen-bond donors (Lipinski definition) is 0. The van der Waals surface area contributed by atoms with Crippen molar-refractivity contribution in [1.29, 1.82) is 0 Å². The van der Waals surface area contributed by atoms with E-state index in [9.17, 15) is 4.79 Å². The summed E-state index contributed by atoms with van der Waals surface area (Å²) in [4.78, 5) is 12.5. The van der Waals surface area contributed by atoms with Gasteiger partial charge in [0.05, 0.1) is 5.52 Å². The molecular weight excluding hydrogens is 250 g/mol. The van der Waals surface area contributed by atoms with Crippen LogP contribution in [0, 0.1) is 5.92 Å². The predicted molar refractivity (Wildman–Crippen MR) is 75.4 cm³/mol. The van der Waals surface area contributed by atoms with Gasteiger partial charge in [0.2, 0.25) is 0 Å². The predicted octanol–water partition coefficient (Wildman–Crippen LogP) is 2.88. The van der Waals surface area contributed by atoms with Crippen molar-refractivity contribution in [2.75, 3.05) is 0 Å². The van der Waals surface area contributed by atoms with E-state index >= 15 is 0 Å². The summed E-state index contributed by atoms with van der Waals surface area (Å²) in [5.74, 6) is 0.404. The topological polar surface area (TPSA) is 47.8 Å². The minimum atomic E-state index is 0.0301. The molecular formula is C16H13N3O. The van der Waals surface area contributed by atoms with E-state index in [0.717, 1.165) is 17.5 Å². The molecule has 4 rings (SSSR count). The SMILES string of the molecule is O=C([C@H]1C[C@H]1c1ccccc1)n1nnc2ccccc21. The first kappa shape index (κ1) is 11.3. The number of carbonyl (C=O) groups excluding carboxylic acids is 1. The third-order valence-corrected chi connectivity index (χ3v) is 3.90. The van der Waals surface area contributed by atoms with Gasteiger partial charge in [0.15, 0.2) is 0 Å². The molecule has 2 aromatic carbocycles. The fraction of sp³-hybridized carbons (Fsp3) is 0.188. The average Bonchev–Trinajstić information content (AvgIpc) is 3.20. The Morgan fingerprint density at radius 2 is 1.80 bits per heavy atom. The first-order chi connectivity index (χ1) is 9.84. The van der Waals surface area contributed by atoms with Gasteiger partial charge in [-0.3, -0.25) is 4.79 Å². The summed E-state index contributed by atoms with van der Waals surface area (Å²) < 4.78 is 1.45. The zero-order chi connectivity index (χ0) is 13.5. The lowest BCUT2D eigenvalue weighted by atomic mass is 10.1. The van der Waals surface area contributed by atoms with Crippen LogP contribution < -0.4 is 0 Å². The first-order valence-electron chi connectivity index (χ1n) is 6.74. The van der Waals surface area contributed by atoms with Crippen LogP contribution >= 0.6 is 0 Å². The van der Waals surface area contributed by atoms with Crippen LogP contribution in [-0.4, -0.2) is 20.9 Å². The van der Waals surface area contributed by atoms with Crippen molar-refractivity contribution in [1.82, 2.24) is 15.0 Å². The van der Waals surface area contributed by atoms with Gasteiger partial charge >= 0.3 is 0 Å². The van der Waals surface area contributed by atoms with E-state index in [-0.39, 0.29) is 11.8 Å². The summed E-state index contributed by atoms with van der Waals surface area (Å²) in [6.45, 7) is 0. The van der Waals surface area contributed by atoms with Crippen LogP contribution in [0.3, 0.4) is 0 Å². The highest BCUT2D eigenvalue weighted by atomic mass is 16.2. The van der Waals surface area contributed by atoms with Crippen LogP contribution in [0.1, 0.15) is 22.7 Å². The van der Waals surface area contributed by atoms with Crippen molar-refractivity contribution >= 4 is 16.9 Å². The van der Waals surface area contributed by atoms with Crippen molar-refractivity contribution in [3.8, 4) is 0 Å². The summed E-state index contributed by atoms with van der Waals surface area (Å²) in [6, 6.07) is 17.7. The van der Waals surface area contributed by atoms with E-state index < -0.39 is 0 Å². The molecule has 0 N–H and O–H groups in total. The molecule has 0 unspecified atom stereocenters. The van der Waals surface area contributed by atoms with Gasteiger partial charge < -0.3 is 0 Å². The number of fused-ring (bicyclic) bond motifs is 1. The van der Waals surface area contributed by atoms with Crippen molar-refractivity contribution < 1.29 is 4.79 Å². The summed E-state index contributed by atoms with van der Waals surface area (Å²) in [6.07, 6.45) is 0.900. The highest BCUT2D eigenvalue weighted by Gasteiger charge is 2.45. The van der Waals surface area contributed by atoms with E-state index in [1.165, 1.54) is 10.2 Å². The molecule has 4 heteroatoms. The van der Waals surface area contributed by atoms with Gasteiger partial charge in [0.1, 0.15) is 5.52 Å². The third kappa shape index (κ3) is 1.72.